The molecule has 3 heterocycles. The quantitative estimate of drug-likeness (QED) is 0.444. The Morgan fingerprint density at radius 2 is 1.89 bits per heavy atom. The third-order valence-corrected chi connectivity index (χ3v) is 6.61. The molecule has 8 nitrogen and oxygen atoms in total. The number of amides is 1. The van der Waals surface area contributed by atoms with Gasteiger partial charge in [0.1, 0.15) is 0 Å². The zero-order valence-electron chi connectivity index (χ0n) is 18.8. The number of hydrogen-bond acceptors (Lipinski definition) is 6. The molecule has 182 valence electrons. The van der Waals surface area contributed by atoms with Crippen molar-refractivity contribution in [1.29, 1.82) is 0 Å². The van der Waals surface area contributed by atoms with E-state index in [2.05, 4.69) is 25.5 Å². The van der Waals surface area contributed by atoms with E-state index < -0.39 is 30.5 Å². The second kappa shape index (κ2) is 8.14. The first-order valence-electron chi connectivity index (χ1n) is 11.3. The summed E-state index contributed by atoms with van der Waals surface area (Å²) in [4.78, 5) is 34.5. The highest BCUT2D eigenvalue weighted by Gasteiger charge is 2.50. The van der Waals surface area contributed by atoms with Crippen LogP contribution in [0, 0.1) is 11.7 Å². The van der Waals surface area contributed by atoms with Gasteiger partial charge in [-0.3, -0.25) is 9.59 Å². The van der Waals surface area contributed by atoms with Crippen molar-refractivity contribution >= 4 is 28.2 Å². The van der Waals surface area contributed by atoms with Crippen molar-refractivity contribution in [2.24, 2.45) is 5.92 Å². The molecular formula is C25H19F3N6O2. The highest BCUT2D eigenvalue weighted by molar-refractivity contribution is 5.85. The first-order valence-corrected chi connectivity index (χ1v) is 11.3. The maximum Gasteiger partial charge on any atom is 0.272 e. The lowest BCUT2D eigenvalue weighted by Crippen LogP contribution is -2.45. The molecule has 0 saturated heterocycles. The average Bonchev–Trinajstić information content (AvgIpc) is 3.27. The van der Waals surface area contributed by atoms with Gasteiger partial charge in [-0.15, -0.1) is 0 Å². The lowest BCUT2D eigenvalue weighted by Gasteiger charge is -2.36. The number of carbonyl (C=O) groups excluding carboxylic acids is 1. The van der Waals surface area contributed by atoms with Crippen LogP contribution in [0.25, 0.3) is 22.2 Å². The number of fused-ring (bicyclic) bond motifs is 2. The first-order chi connectivity index (χ1) is 17.3. The van der Waals surface area contributed by atoms with E-state index in [1.54, 1.807) is 29.2 Å². The third-order valence-electron chi connectivity index (χ3n) is 6.61. The maximum absolute atomic E-state index is 14.5. The van der Waals surface area contributed by atoms with Gasteiger partial charge in [0.25, 0.3) is 5.56 Å². The number of aromatic nitrogens is 4. The van der Waals surface area contributed by atoms with Crippen molar-refractivity contribution in [3.63, 3.8) is 0 Å². The van der Waals surface area contributed by atoms with Gasteiger partial charge in [0.05, 0.1) is 17.8 Å². The second-order valence-electron chi connectivity index (χ2n) is 9.16. The minimum atomic E-state index is -2.74. The summed E-state index contributed by atoms with van der Waals surface area (Å²) in [6.07, 6.45) is 1.78. The second-order valence-corrected chi connectivity index (χ2v) is 9.16. The van der Waals surface area contributed by atoms with Crippen molar-refractivity contribution in [1.82, 2.24) is 25.1 Å². The zero-order chi connectivity index (χ0) is 25.0. The van der Waals surface area contributed by atoms with Gasteiger partial charge in [-0.25, -0.2) is 28.2 Å². The summed E-state index contributed by atoms with van der Waals surface area (Å²) in [7, 11) is 0. The topological polar surface area (TPSA) is 104 Å². The molecule has 1 amide bonds. The van der Waals surface area contributed by atoms with E-state index >= 15 is 0 Å². The standard InChI is InChI=1S/C25H19F3N6O2/c26-20-10-29-21(32-22(20)31-18-3-4-19-15(6-18)9-30-33-23(19)35)13-1-2-14-11-34(12-16(14)5-13)24(36)17-7-25(27,28)8-17/h1-6,9-10,17H,7-8,11-12H2,(H,33,35)(H,29,31,32). The summed E-state index contributed by atoms with van der Waals surface area (Å²) < 4.78 is 40.9. The molecule has 0 bridgehead atoms. The monoisotopic (exact) mass is 492 g/mol. The number of nitrogens with one attached hydrogen (secondary N) is 2. The Labute approximate surface area is 202 Å². The largest absolute Gasteiger partial charge is 0.338 e. The van der Waals surface area contributed by atoms with E-state index in [1.807, 2.05) is 12.1 Å². The fourth-order valence-corrected chi connectivity index (χ4v) is 4.69. The number of hydrogen-bond donors (Lipinski definition) is 2. The number of halogens is 3. The van der Waals surface area contributed by atoms with Crippen molar-refractivity contribution in [3.8, 4) is 11.4 Å². The molecule has 0 radical (unpaired) electrons. The van der Waals surface area contributed by atoms with Gasteiger partial charge in [0, 0.05) is 48.5 Å². The number of H-pyrrole nitrogens is 1. The molecule has 2 aliphatic rings. The summed E-state index contributed by atoms with van der Waals surface area (Å²) in [5, 5.41) is 10.1. The molecule has 36 heavy (non-hydrogen) atoms. The van der Waals surface area contributed by atoms with Gasteiger partial charge < -0.3 is 10.2 Å². The molecule has 2 N–H and O–H groups in total. The Bertz CT molecular complexity index is 1580. The van der Waals surface area contributed by atoms with Crippen molar-refractivity contribution in [2.45, 2.75) is 31.9 Å². The van der Waals surface area contributed by atoms with Gasteiger partial charge in [0.15, 0.2) is 17.5 Å². The van der Waals surface area contributed by atoms with Gasteiger partial charge in [-0.05, 0) is 35.4 Å². The molecule has 0 unspecified atom stereocenters. The maximum atomic E-state index is 14.5. The third kappa shape index (κ3) is 3.96. The van der Waals surface area contributed by atoms with Crippen LogP contribution in [0.2, 0.25) is 0 Å². The summed E-state index contributed by atoms with van der Waals surface area (Å²) in [5.41, 5.74) is 2.63. The molecule has 0 atom stereocenters. The predicted molar refractivity (Wildman–Crippen MR) is 125 cm³/mol. The molecule has 1 aliphatic heterocycles. The lowest BCUT2D eigenvalue weighted by molar-refractivity contribution is -0.160. The normalized spacial score (nSPS) is 16.6. The van der Waals surface area contributed by atoms with Crippen LogP contribution in [0.5, 0.6) is 0 Å². The summed E-state index contributed by atoms with van der Waals surface area (Å²) in [6, 6.07) is 10.4. The van der Waals surface area contributed by atoms with E-state index in [-0.39, 0.29) is 23.1 Å². The number of rotatable bonds is 4. The molecule has 2 aromatic carbocycles. The lowest BCUT2D eigenvalue weighted by atomic mass is 9.80. The Kier molecular flexibility index (Phi) is 5.02. The van der Waals surface area contributed by atoms with Crippen LogP contribution in [0.1, 0.15) is 24.0 Å². The van der Waals surface area contributed by atoms with Crippen LogP contribution in [0.3, 0.4) is 0 Å². The number of nitrogens with zero attached hydrogens (tertiary/aromatic N) is 4. The highest BCUT2D eigenvalue weighted by atomic mass is 19.3. The molecule has 6 rings (SSSR count). The van der Waals surface area contributed by atoms with Crippen molar-refractivity contribution in [3.05, 3.63) is 76.1 Å². The van der Waals surface area contributed by atoms with Crippen molar-refractivity contribution in [2.75, 3.05) is 5.32 Å². The number of alkyl halides is 2. The van der Waals surface area contributed by atoms with Crippen LogP contribution in [0.15, 0.2) is 53.6 Å². The summed E-state index contributed by atoms with van der Waals surface area (Å²) in [6.45, 7) is 0.688. The van der Waals surface area contributed by atoms with E-state index in [1.165, 1.54) is 6.20 Å². The smallest absolute Gasteiger partial charge is 0.272 e. The van der Waals surface area contributed by atoms with Crippen molar-refractivity contribution < 1.29 is 18.0 Å². The summed E-state index contributed by atoms with van der Waals surface area (Å²) >= 11 is 0. The van der Waals surface area contributed by atoms with Crippen LogP contribution in [-0.2, 0) is 17.9 Å². The Morgan fingerprint density at radius 3 is 2.69 bits per heavy atom. The predicted octanol–water partition coefficient (Wildman–Crippen LogP) is 4.15. The summed E-state index contributed by atoms with van der Waals surface area (Å²) in [5.74, 6) is -4.04. The Hall–Kier alpha value is -4.28. The first kappa shape index (κ1) is 22.2. The van der Waals surface area contributed by atoms with Crippen LogP contribution in [-0.4, -0.2) is 36.9 Å². The fraction of sp³-hybridized carbons (Fsp3) is 0.240. The number of aromatic amines is 1. The van der Waals surface area contributed by atoms with E-state index in [0.717, 1.165) is 17.3 Å². The Morgan fingerprint density at radius 1 is 1.08 bits per heavy atom. The molecule has 1 aliphatic carbocycles. The molecule has 1 fully saturated rings. The van der Waals surface area contributed by atoms with Crippen LogP contribution in [0.4, 0.5) is 24.7 Å². The molecular weight excluding hydrogens is 473 g/mol. The van der Waals surface area contributed by atoms with Crippen LogP contribution >= 0.6 is 0 Å². The van der Waals surface area contributed by atoms with Crippen LogP contribution < -0.4 is 10.9 Å². The average molecular weight is 492 g/mol. The van der Waals surface area contributed by atoms with Gasteiger partial charge in [0.2, 0.25) is 11.8 Å². The number of benzene rings is 2. The number of anilines is 2. The molecule has 11 heteroatoms. The molecule has 1 saturated carbocycles. The van der Waals surface area contributed by atoms with E-state index in [0.29, 0.717) is 35.1 Å². The molecule has 4 aromatic rings. The zero-order valence-corrected chi connectivity index (χ0v) is 18.8. The van der Waals surface area contributed by atoms with Gasteiger partial charge >= 0.3 is 0 Å². The minimum absolute atomic E-state index is 0.0413. The highest BCUT2D eigenvalue weighted by Crippen LogP contribution is 2.44. The number of carbonyl (C=O) groups is 1. The van der Waals surface area contributed by atoms with Gasteiger partial charge in [-0.2, -0.15) is 5.10 Å². The molecule has 2 aromatic heterocycles. The van der Waals surface area contributed by atoms with E-state index in [9.17, 15) is 22.8 Å². The van der Waals surface area contributed by atoms with Gasteiger partial charge in [-0.1, -0.05) is 12.1 Å². The fourth-order valence-electron chi connectivity index (χ4n) is 4.69. The van der Waals surface area contributed by atoms with E-state index in [4.69, 9.17) is 0 Å². The Balaban J connectivity index is 1.23. The molecule has 0 spiro atoms. The SMILES string of the molecule is O=C(C1CC(F)(F)C1)N1Cc2ccc(-c3ncc(F)c(Nc4ccc5c(=O)[nH]ncc5c4)n3)cc2C1. The minimum Gasteiger partial charge on any atom is -0.338 e.